The largest absolute Gasteiger partial charge is 0.378 e. The first kappa shape index (κ1) is 19.7. The number of hydrogen-bond acceptors (Lipinski definition) is 4. The van der Waals surface area contributed by atoms with Gasteiger partial charge in [-0.2, -0.15) is 0 Å². The minimum Gasteiger partial charge on any atom is -0.378 e. The number of rotatable bonds is 5. The van der Waals surface area contributed by atoms with E-state index in [1.165, 1.54) is 21.2 Å². The van der Waals surface area contributed by atoms with Crippen LogP contribution in [0.3, 0.4) is 0 Å². The average molecular weight is 421 g/mol. The number of likely N-dealkylation sites (tertiary alicyclic amines) is 1. The standard InChI is InChI=1S/C25H28N2O2S/c28-25(27-14-16-29-17-15-27)24-23(21-8-4-5-9-22(21)30-24)20-11-13-26(18-20)12-10-19-6-2-1-3-7-19/h1-9,20H,10-18H2. The summed E-state index contributed by atoms with van der Waals surface area (Å²) >= 11 is 1.67. The lowest BCUT2D eigenvalue weighted by molar-refractivity contribution is 0.0305. The van der Waals surface area contributed by atoms with E-state index in [1.54, 1.807) is 11.3 Å². The third-order valence-corrected chi connectivity index (χ3v) is 7.54. The summed E-state index contributed by atoms with van der Waals surface area (Å²) in [7, 11) is 0. The lowest BCUT2D eigenvalue weighted by Crippen LogP contribution is -2.40. The first-order chi connectivity index (χ1) is 14.8. The number of carbonyl (C=O) groups excluding carboxylic acids is 1. The highest BCUT2D eigenvalue weighted by Gasteiger charge is 2.32. The van der Waals surface area contributed by atoms with E-state index in [4.69, 9.17) is 4.74 Å². The van der Waals surface area contributed by atoms with Gasteiger partial charge >= 0.3 is 0 Å². The summed E-state index contributed by atoms with van der Waals surface area (Å²) in [6.07, 6.45) is 2.20. The first-order valence-electron chi connectivity index (χ1n) is 10.9. The molecule has 30 heavy (non-hydrogen) atoms. The summed E-state index contributed by atoms with van der Waals surface area (Å²) in [6.45, 7) is 5.89. The Morgan fingerprint density at radius 2 is 1.77 bits per heavy atom. The number of amides is 1. The summed E-state index contributed by atoms with van der Waals surface area (Å²) in [5, 5.41) is 1.27. The molecule has 3 heterocycles. The molecule has 1 aromatic heterocycles. The Morgan fingerprint density at radius 1 is 1.00 bits per heavy atom. The molecule has 2 saturated heterocycles. The monoisotopic (exact) mass is 420 g/mol. The number of nitrogens with zero attached hydrogens (tertiary/aromatic N) is 2. The van der Waals surface area contributed by atoms with E-state index < -0.39 is 0 Å². The summed E-state index contributed by atoms with van der Waals surface area (Å²) in [5.41, 5.74) is 2.68. The molecular weight excluding hydrogens is 392 g/mol. The molecule has 1 amide bonds. The Labute approximate surface area is 182 Å². The van der Waals surface area contributed by atoms with Crippen molar-refractivity contribution in [2.45, 2.75) is 18.8 Å². The summed E-state index contributed by atoms with van der Waals surface area (Å²) in [5.74, 6) is 0.620. The molecule has 4 nitrogen and oxygen atoms in total. The van der Waals surface area contributed by atoms with Gasteiger partial charge in [0.2, 0.25) is 0 Å². The molecule has 0 saturated carbocycles. The first-order valence-corrected chi connectivity index (χ1v) is 11.8. The lowest BCUT2D eigenvalue weighted by atomic mass is 9.94. The van der Waals surface area contributed by atoms with Crippen LogP contribution in [0, 0.1) is 0 Å². The van der Waals surface area contributed by atoms with Gasteiger partial charge in [-0.25, -0.2) is 0 Å². The van der Waals surface area contributed by atoms with Gasteiger partial charge in [0, 0.05) is 36.8 Å². The number of morpholine rings is 1. The SMILES string of the molecule is O=C(c1sc2ccccc2c1C1CCN(CCc2ccccc2)C1)N1CCOCC1. The third-order valence-electron chi connectivity index (χ3n) is 6.37. The predicted molar refractivity (Wildman–Crippen MR) is 122 cm³/mol. The number of hydrogen-bond donors (Lipinski definition) is 0. The molecule has 2 fully saturated rings. The van der Waals surface area contributed by atoms with Crippen LogP contribution < -0.4 is 0 Å². The molecule has 0 radical (unpaired) electrons. The third kappa shape index (κ3) is 4.02. The van der Waals surface area contributed by atoms with E-state index in [-0.39, 0.29) is 5.91 Å². The Kier molecular flexibility index (Phi) is 5.84. The summed E-state index contributed by atoms with van der Waals surface area (Å²) in [6, 6.07) is 19.2. The highest BCUT2D eigenvalue weighted by atomic mass is 32.1. The van der Waals surface area contributed by atoms with Crippen molar-refractivity contribution in [2.24, 2.45) is 0 Å². The molecule has 156 valence electrons. The number of carbonyl (C=O) groups is 1. The zero-order valence-electron chi connectivity index (χ0n) is 17.3. The quantitative estimate of drug-likeness (QED) is 0.613. The van der Waals surface area contributed by atoms with Gasteiger partial charge in [0.05, 0.1) is 18.1 Å². The topological polar surface area (TPSA) is 32.8 Å². The van der Waals surface area contributed by atoms with E-state index in [0.717, 1.165) is 37.4 Å². The van der Waals surface area contributed by atoms with Crippen molar-refractivity contribution in [3.8, 4) is 0 Å². The van der Waals surface area contributed by atoms with Crippen LogP contribution in [0.15, 0.2) is 54.6 Å². The molecule has 5 heteroatoms. The van der Waals surface area contributed by atoms with Crippen molar-refractivity contribution in [3.05, 3.63) is 70.6 Å². The second-order valence-corrected chi connectivity index (χ2v) is 9.32. The zero-order chi connectivity index (χ0) is 20.3. The molecule has 0 aliphatic carbocycles. The number of ether oxygens (including phenoxy) is 1. The van der Waals surface area contributed by atoms with Crippen LogP contribution >= 0.6 is 11.3 Å². The van der Waals surface area contributed by atoms with Gasteiger partial charge in [-0.15, -0.1) is 11.3 Å². The Hall–Kier alpha value is -2.21. The fourth-order valence-corrected chi connectivity index (χ4v) is 6.00. The maximum atomic E-state index is 13.4. The molecule has 2 aromatic carbocycles. The molecule has 0 N–H and O–H groups in total. The van der Waals surface area contributed by atoms with Crippen molar-refractivity contribution in [1.29, 1.82) is 0 Å². The summed E-state index contributed by atoms with van der Waals surface area (Å²) < 4.78 is 6.68. The lowest BCUT2D eigenvalue weighted by Gasteiger charge is -2.27. The van der Waals surface area contributed by atoms with Crippen LogP contribution in [0.5, 0.6) is 0 Å². The van der Waals surface area contributed by atoms with Crippen molar-refractivity contribution in [2.75, 3.05) is 45.9 Å². The van der Waals surface area contributed by atoms with Crippen molar-refractivity contribution in [3.63, 3.8) is 0 Å². The molecule has 1 unspecified atom stereocenters. The molecule has 2 aliphatic rings. The number of benzene rings is 2. The highest BCUT2D eigenvalue weighted by molar-refractivity contribution is 7.21. The van der Waals surface area contributed by atoms with Crippen LogP contribution in [0.25, 0.3) is 10.1 Å². The van der Waals surface area contributed by atoms with Crippen LogP contribution in [-0.2, 0) is 11.2 Å². The Balaban J connectivity index is 1.37. The number of fused-ring (bicyclic) bond motifs is 1. The van der Waals surface area contributed by atoms with E-state index >= 15 is 0 Å². The molecule has 5 rings (SSSR count). The van der Waals surface area contributed by atoms with Gasteiger partial charge in [0.25, 0.3) is 5.91 Å². The highest BCUT2D eigenvalue weighted by Crippen LogP contribution is 2.40. The molecule has 1 atom stereocenters. The zero-order valence-corrected chi connectivity index (χ0v) is 18.1. The van der Waals surface area contributed by atoms with Crippen molar-refractivity contribution in [1.82, 2.24) is 9.80 Å². The van der Waals surface area contributed by atoms with Crippen LogP contribution in [0.4, 0.5) is 0 Å². The van der Waals surface area contributed by atoms with E-state index in [9.17, 15) is 4.79 Å². The van der Waals surface area contributed by atoms with Crippen molar-refractivity contribution >= 4 is 27.3 Å². The second-order valence-electron chi connectivity index (χ2n) is 8.27. The minimum atomic E-state index is 0.192. The van der Waals surface area contributed by atoms with Gasteiger partial charge in [0.15, 0.2) is 0 Å². The van der Waals surface area contributed by atoms with E-state index in [0.29, 0.717) is 32.2 Å². The molecule has 0 bridgehead atoms. The average Bonchev–Trinajstić information content (AvgIpc) is 3.43. The van der Waals surface area contributed by atoms with Gasteiger partial charge in [-0.3, -0.25) is 4.79 Å². The van der Waals surface area contributed by atoms with Gasteiger partial charge in [0.1, 0.15) is 0 Å². The Bertz CT molecular complexity index is 1010. The predicted octanol–water partition coefficient (Wildman–Crippen LogP) is 4.41. The smallest absolute Gasteiger partial charge is 0.264 e. The van der Waals surface area contributed by atoms with Gasteiger partial charge in [-0.05, 0) is 42.0 Å². The molecule has 0 spiro atoms. The summed E-state index contributed by atoms with van der Waals surface area (Å²) in [4.78, 5) is 18.9. The van der Waals surface area contributed by atoms with Gasteiger partial charge < -0.3 is 14.5 Å². The number of thiophene rings is 1. The molecule has 3 aromatic rings. The fourth-order valence-electron chi connectivity index (χ4n) is 4.74. The maximum absolute atomic E-state index is 13.4. The minimum absolute atomic E-state index is 0.192. The Morgan fingerprint density at radius 3 is 2.60 bits per heavy atom. The maximum Gasteiger partial charge on any atom is 0.264 e. The van der Waals surface area contributed by atoms with E-state index in [2.05, 4.69) is 59.5 Å². The molecule has 2 aliphatic heterocycles. The normalized spacial score (nSPS) is 20.1. The van der Waals surface area contributed by atoms with Crippen LogP contribution in [0.1, 0.15) is 33.1 Å². The fraction of sp³-hybridized carbons (Fsp3) is 0.400. The molecular formula is C25H28N2O2S. The van der Waals surface area contributed by atoms with Crippen LogP contribution in [-0.4, -0.2) is 61.6 Å². The van der Waals surface area contributed by atoms with Crippen LogP contribution in [0.2, 0.25) is 0 Å². The van der Waals surface area contributed by atoms with E-state index in [1.807, 2.05) is 4.90 Å². The van der Waals surface area contributed by atoms with Crippen molar-refractivity contribution < 1.29 is 9.53 Å². The van der Waals surface area contributed by atoms with Gasteiger partial charge in [-0.1, -0.05) is 48.5 Å². The second kappa shape index (κ2) is 8.88.